The fraction of sp³-hybridized carbons (Fsp3) is 0.0769. The lowest BCUT2D eigenvalue weighted by molar-refractivity contribution is 0.415. The molecular weight excluding hydrogens is 250 g/mol. The predicted octanol–water partition coefficient (Wildman–Crippen LogP) is 3.26. The number of benzene rings is 2. The van der Waals surface area contributed by atoms with Crippen LogP contribution in [0.2, 0.25) is 5.02 Å². The molecule has 2 rings (SSSR count). The van der Waals surface area contributed by atoms with Gasteiger partial charge in [0.15, 0.2) is 0 Å². The van der Waals surface area contributed by atoms with Gasteiger partial charge < -0.3 is 21.5 Å². The molecule has 0 fully saturated rings. The Bertz CT molecular complexity index is 572. The van der Waals surface area contributed by atoms with Crippen molar-refractivity contribution in [1.82, 2.24) is 0 Å². The Morgan fingerprint density at radius 3 is 2.33 bits per heavy atom. The molecule has 0 radical (unpaired) electrons. The standard InChI is InChI=1S/C13H14ClN3O/c1-18-13-7-9(2-4-10(13)14)17-8-3-5-11(15)12(16)6-8/h2-7,17H,15-16H2,1H3. The zero-order valence-electron chi connectivity index (χ0n) is 9.91. The van der Waals surface area contributed by atoms with Crippen LogP contribution in [-0.2, 0) is 0 Å². The Kier molecular flexibility index (Phi) is 3.48. The number of nitrogens with two attached hydrogens (primary N) is 2. The van der Waals surface area contributed by atoms with E-state index < -0.39 is 0 Å². The van der Waals surface area contributed by atoms with Gasteiger partial charge in [-0.25, -0.2) is 0 Å². The second kappa shape index (κ2) is 5.06. The van der Waals surface area contributed by atoms with Crippen LogP contribution in [0.15, 0.2) is 36.4 Å². The van der Waals surface area contributed by atoms with Crippen molar-refractivity contribution in [3.05, 3.63) is 41.4 Å². The predicted molar refractivity (Wildman–Crippen MR) is 76.6 cm³/mol. The van der Waals surface area contributed by atoms with E-state index in [-0.39, 0.29) is 0 Å². The van der Waals surface area contributed by atoms with Gasteiger partial charge in [-0.05, 0) is 30.3 Å². The van der Waals surface area contributed by atoms with Crippen LogP contribution in [0.4, 0.5) is 22.7 Å². The highest BCUT2D eigenvalue weighted by Gasteiger charge is 2.03. The van der Waals surface area contributed by atoms with Crippen molar-refractivity contribution in [2.24, 2.45) is 0 Å². The van der Waals surface area contributed by atoms with Crippen LogP contribution in [0.3, 0.4) is 0 Å². The van der Waals surface area contributed by atoms with Crippen molar-refractivity contribution >= 4 is 34.4 Å². The van der Waals surface area contributed by atoms with Gasteiger partial charge in [0.1, 0.15) is 5.75 Å². The molecule has 0 bridgehead atoms. The van der Waals surface area contributed by atoms with Crippen LogP contribution >= 0.6 is 11.6 Å². The van der Waals surface area contributed by atoms with Crippen molar-refractivity contribution in [3.63, 3.8) is 0 Å². The Morgan fingerprint density at radius 2 is 1.67 bits per heavy atom. The van der Waals surface area contributed by atoms with E-state index in [2.05, 4.69) is 5.32 Å². The molecule has 5 N–H and O–H groups in total. The third-order valence-electron chi connectivity index (χ3n) is 2.53. The normalized spacial score (nSPS) is 10.1. The Balaban J connectivity index is 2.25. The van der Waals surface area contributed by atoms with Gasteiger partial charge in [0.2, 0.25) is 0 Å². The van der Waals surface area contributed by atoms with Gasteiger partial charge in [-0.1, -0.05) is 11.6 Å². The number of hydrogen-bond acceptors (Lipinski definition) is 4. The molecule has 2 aromatic carbocycles. The molecule has 5 heteroatoms. The average Bonchev–Trinajstić information content (AvgIpc) is 2.36. The summed E-state index contributed by atoms with van der Waals surface area (Å²) in [5.41, 5.74) is 14.2. The lowest BCUT2D eigenvalue weighted by atomic mass is 10.2. The first-order valence-electron chi connectivity index (χ1n) is 5.35. The summed E-state index contributed by atoms with van der Waals surface area (Å²) in [5.74, 6) is 0.616. The SMILES string of the molecule is COc1cc(Nc2ccc(N)c(N)c2)ccc1Cl. The summed E-state index contributed by atoms with van der Waals surface area (Å²) in [6.45, 7) is 0. The van der Waals surface area contributed by atoms with E-state index in [4.69, 9.17) is 27.8 Å². The molecule has 0 spiro atoms. The van der Waals surface area contributed by atoms with E-state index in [0.717, 1.165) is 11.4 Å². The highest BCUT2D eigenvalue weighted by molar-refractivity contribution is 6.32. The summed E-state index contributed by atoms with van der Waals surface area (Å²) in [5, 5.41) is 3.77. The van der Waals surface area contributed by atoms with Gasteiger partial charge in [0.05, 0.1) is 23.5 Å². The quantitative estimate of drug-likeness (QED) is 0.743. The monoisotopic (exact) mass is 263 g/mol. The van der Waals surface area contributed by atoms with Crippen LogP contribution in [0.1, 0.15) is 0 Å². The molecule has 18 heavy (non-hydrogen) atoms. The summed E-state index contributed by atoms with van der Waals surface area (Å²) in [4.78, 5) is 0. The van der Waals surface area contributed by atoms with Crippen LogP contribution in [0.5, 0.6) is 5.75 Å². The van der Waals surface area contributed by atoms with Crippen LogP contribution < -0.4 is 21.5 Å². The molecule has 0 saturated heterocycles. The first kappa shape index (κ1) is 12.4. The summed E-state index contributed by atoms with van der Waals surface area (Å²) in [7, 11) is 1.58. The third-order valence-corrected chi connectivity index (χ3v) is 2.84. The molecule has 0 aliphatic rings. The lowest BCUT2D eigenvalue weighted by Gasteiger charge is -2.10. The fourth-order valence-electron chi connectivity index (χ4n) is 1.56. The zero-order chi connectivity index (χ0) is 13.1. The topological polar surface area (TPSA) is 73.3 Å². The van der Waals surface area contributed by atoms with E-state index >= 15 is 0 Å². The Morgan fingerprint density at radius 1 is 1.00 bits per heavy atom. The molecular formula is C13H14ClN3O. The van der Waals surface area contributed by atoms with Crippen molar-refractivity contribution in [2.75, 3.05) is 23.9 Å². The van der Waals surface area contributed by atoms with E-state index in [9.17, 15) is 0 Å². The molecule has 0 unspecified atom stereocenters. The largest absolute Gasteiger partial charge is 0.495 e. The highest BCUT2D eigenvalue weighted by atomic mass is 35.5. The van der Waals surface area contributed by atoms with E-state index in [1.165, 1.54) is 0 Å². The smallest absolute Gasteiger partial charge is 0.139 e. The molecule has 0 saturated carbocycles. The number of ether oxygens (including phenoxy) is 1. The first-order valence-corrected chi connectivity index (χ1v) is 5.73. The maximum absolute atomic E-state index is 5.96. The summed E-state index contributed by atoms with van der Waals surface area (Å²) < 4.78 is 5.15. The average molecular weight is 264 g/mol. The molecule has 0 aliphatic heterocycles. The van der Waals surface area contributed by atoms with Crippen LogP contribution in [-0.4, -0.2) is 7.11 Å². The van der Waals surface area contributed by atoms with Gasteiger partial charge in [0.25, 0.3) is 0 Å². The molecule has 94 valence electrons. The van der Waals surface area contributed by atoms with E-state index in [1.807, 2.05) is 18.2 Å². The fourth-order valence-corrected chi connectivity index (χ4v) is 1.75. The Hall–Kier alpha value is -2.07. The van der Waals surface area contributed by atoms with Gasteiger partial charge in [-0.3, -0.25) is 0 Å². The van der Waals surface area contributed by atoms with Crippen molar-refractivity contribution in [2.45, 2.75) is 0 Å². The van der Waals surface area contributed by atoms with Crippen molar-refractivity contribution in [1.29, 1.82) is 0 Å². The number of methoxy groups -OCH3 is 1. The maximum Gasteiger partial charge on any atom is 0.139 e. The number of nitrogen functional groups attached to an aromatic ring is 2. The van der Waals surface area contributed by atoms with Crippen molar-refractivity contribution in [3.8, 4) is 5.75 Å². The molecule has 0 amide bonds. The van der Waals surface area contributed by atoms with Gasteiger partial charge in [0, 0.05) is 17.4 Å². The van der Waals surface area contributed by atoms with Gasteiger partial charge in [-0.15, -0.1) is 0 Å². The molecule has 4 nitrogen and oxygen atoms in total. The summed E-state index contributed by atoms with van der Waals surface area (Å²) in [6, 6.07) is 10.8. The number of hydrogen-bond donors (Lipinski definition) is 3. The summed E-state index contributed by atoms with van der Waals surface area (Å²) in [6.07, 6.45) is 0. The molecule has 0 aliphatic carbocycles. The minimum Gasteiger partial charge on any atom is -0.495 e. The van der Waals surface area contributed by atoms with Crippen molar-refractivity contribution < 1.29 is 4.74 Å². The van der Waals surface area contributed by atoms with E-state index in [0.29, 0.717) is 22.1 Å². The zero-order valence-corrected chi connectivity index (χ0v) is 10.7. The minimum absolute atomic E-state index is 0.543. The number of halogens is 1. The van der Waals surface area contributed by atoms with Gasteiger partial charge in [-0.2, -0.15) is 0 Å². The molecule has 0 aromatic heterocycles. The molecule has 2 aromatic rings. The highest BCUT2D eigenvalue weighted by Crippen LogP contribution is 2.30. The maximum atomic E-state index is 5.96. The van der Waals surface area contributed by atoms with E-state index in [1.54, 1.807) is 25.3 Å². The van der Waals surface area contributed by atoms with Gasteiger partial charge >= 0.3 is 0 Å². The lowest BCUT2D eigenvalue weighted by Crippen LogP contribution is -1.97. The Labute approximate surface area is 110 Å². The minimum atomic E-state index is 0.543. The molecule has 0 heterocycles. The number of nitrogens with one attached hydrogen (secondary N) is 1. The second-order valence-electron chi connectivity index (χ2n) is 3.82. The molecule has 0 atom stereocenters. The van der Waals surface area contributed by atoms with Crippen LogP contribution in [0, 0.1) is 0 Å². The van der Waals surface area contributed by atoms with Crippen LogP contribution in [0.25, 0.3) is 0 Å². The number of rotatable bonds is 3. The third kappa shape index (κ3) is 2.60. The number of anilines is 4. The summed E-state index contributed by atoms with van der Waals surface area (Å²) >= 11 is 5.96. The first-order chi connectivity index (χ1) is 8.60. The second-order valence-corrected chi connectivity index (χ2v) is 4.23.